The molecular weight excluding hydrogens is 512 g/mol. The Kier molecular flexibility index (Phi) is 6.40. The van der Waals surface area contributed by atoms with Crippen LogP contribution >= 0.6 is 12.2 Å². The van der Waals surface area contributed by atoms with Gasteiger partial charge in [0.05, 0.1) is 23.6 Å². The highest BCUT2D eigenvalue weighted by Gasteiger charge is 2.42. The highest BCUT2D eigenvalue weighted by Crippen LogP contribution is 2.43. The molecule has 4 aromatic rings. The highest BCUT2D eigenvalue weighted by molar-refractivity contribution is 7.92. The molecule has 1 saturated heterocycles. The van der Waals surface area contributed by atoms with Gasteiger partial charge in [-0.3, -0.25) is 9.71 Å². The molecule has 0 spiro atoms. The van der Waals surface area contributed by atoms with Gasteiger partial charge in [-0.15, -0.1) is 0 Å². The molecule has 3 heterocycles. The second kappa shape index (κ2) is 9.68. The van der Waals surface area contributed by atoms with Gasteiger partial charge in [0.15, 0.2) is 5.11 Å². The molecule has 1 aliphatic rings. The number of pyridine rings is 1. The minimum absolute atomic E-state index is 0.135. The van der Waals surface area contributed by atoms with Gasteiger partial charge in [-0.2, -0.15) is 0 Å². The van der Waals surface area contributed by atoms with Crippen LogP contribution in [-0.4, -0.2) is 35.8 Å². The Morgan fingerprint density at radius 2 is 1.78 bits per heavy atom. The summed E-state index contributed by atoms with van der Waals surface area (Å²) in [6, 6.07) is 21.8. The summed E-state index contributed by atoms with van der Waals surface area (Å²) in [5.41, 5.74) is 2.48. The number of aromatic carboxylic acids is 1. The maximum absolute atomic E-state index is 11.8. The number of aromatic nitrogens is 1. The molecule has 1 fully saturated rings. The zero-order chi connectivity index (χ0) is 26.2. The first-order chi connectivity index (χ1) is 17.7. The van der Waals surface area contributed by atoms with E-state index < -0.39 is 22.0 Å². The number of rotatable bonds is 7. The summed E-state index contributed by atoms with van der Waals surface area (Å²) in [6.45, 7) is 0. The van der Waals surface area contributed by atoms with Gasteiger partial charge in [0.1, 0.15) is 17.6 Å². The summed E-state index contributed by atoms with van der Waals surface area (Å²) in [7, 11) is -3.42. The van der Waals surface area contributed by atoms with Crippen molar-refractivity contribution in [2.24, 2.45) is 0 Å². The molecule has 2 aromatic carbocycles. The topological polar surface area (TPSA) is 125 Å². The van der Waals surface area contributed by atoms with Gasteiger partial charge in [0, 0.05) is 23.1 Å². The normalized spacial score (nSPS) is 17.4. The molecule has 0 saturated carbocycles. The Morgan fingerprint density at radius 3 is 2.46 bits per heavy atom. The van der Waals surface area contributed by atoms with E-state index in [-0.39, 0.29) is 11.6 Å². The van der Waals surface area contributed by atoms with Crippen LogP contribution < -0.4 is 14.9 Å². The zero-order valence-electron chi connectivity index (χ0n) is 19.5. The summed E-state index contributed by atoms with van der Waals surface area (Å²) in [6.07, 6.45) is 2.78. The summed E-state index contributed by atoms with van der Waals surface area (Å²) in [5, 5.41) is 13.4. The number of hydrogen-bond donors (Lipinski definition) is 3. The van der Waals surface area contributed by atoms with Crippen molar-refractivity contribution >= 4 is 44.7 Å². The molecule has 37 heavy (non-hydrogen) atoms. The monoisotopic (exact) mass is 534 g/mol. The zero-order valence-corrected chi connectivity index (χ0v) is 21.2. The molecule has 5 rings (SSSR count). The fraction of sp³-hybridized carbons (Fsp3) is 0.115. The van der Waals surface area contributed by atoms with Gasteiger partial charge in [-0.05, 0) is 66.8 Å². The van der Waals surface area contributed by atoms with Crippen LogP contribution in [0.2, 0.25) is 0 Å². The van der Waals surface area contributed by atoms with E-state index in [1.807, 2.05) is 23.1 Å². The van der Waals surface area contributed by atoms with Crippen LogP contribution in [-0.2, 0) is 10.0 Å². The first kappa shape index (κ1) is 24.5. The maximum atomic E-state index is 11.8. The van der Waals surface area contributed by atoms with Crippen molar-refractivity contribution in [3.8, 4) is 11.3 Å². The number of carbonyl (C=O) groups is 1. The maximum Gasteiger partial charge on any atom is 0.336 e. The molecular formula is C26H22N4O5S2. The van der Waals surface area contributed by atoms with Crippen molar-refractivity contribution in [1.82, 2.24) is 10.3 Å². The third-order valence-electron chi connectivity index (χ3n) is 5.89. The first-order valence-corrected chi connectivity index (χ1v) is 13.5. The second-order valence-electron chi connectivity index (χ2n) is 8.47. The van der Waals surface area contributed by atoms with Crippen molar-refractivity contribution in [3.63, 3.8) is 0 Å². The lowest BCUT2D eigenvalue weighted by Crippen LogP contribution is -2.29. The van der Waals surface area contributed by atoms with Crippen LogP contribution in [0.4, 0.5) is 11.4 Å². The molecule has 0 radical (unpaired) electrons. The average molecular weight is 535 g/mol. The van der Waals surface area contributed by atoms with E-state index in [4.69, 9.17) is 16.6 Å². The average Bonchev–Trinajstić information content (AvgIpc) is 3.49. The SMILES string of the molecule is CS(=O)(=O)Nc1ccc(N2C(=S)N[C@H](c3ccccn3)[C@@H]2c2ccc(-c3ccccc3C(=O)O)o2)cc1. The molecule has 0 unspecified atom stereocenters. The van der Waals surface area contributed by atoms with E-state index in [2.05, 4.69) is 15.0 Å². The van der Waals surface area contributed by atoms with E-state index in [1.54, 1.807) is 60.8 Å². The van der Waals surface area contributed by atoms with Crippen LogP contribution in [0.1, 0.15) is 33.9 Å². The van der Waals surface area contributed by atoms with Crippen molar-refractivity contribution < 1.29 is 22.7 Å². The van der Waals surface area contributed by atoms with Gasteiger partial charge < -0.3 is 19.7 Å². The van der Waals surface area contributed by atoms with Crippen molar-refractivity contribution in [2.45, 2.75) is 12.1 Å². The molecule has 1 aliphatic heterocycles. The van der Waals surface area contributed by atoms with Crippen LogP contribution in [0, 0.1) is 0 Å². The third-order valence-corrected chi connectivity index (χ3v) is 6.81. The summed E-state index contributed by atoms with van der Waals surface area (Å²) >= 11 is 5.71. The van der Waals surface area contributed by atoms with Gasteiger partial charge in [-0.25, -0.2) is 13.2 Å². The molecule has 3 N–H and O–H groups in total. The van der Waals surface area contributed by atoms with Crippen LogP contribution in [0.3, 0.4) is 0 Å². The Morgan fingerprint density at radius 1 is 1.05 bits per heavy atom. The van der Waals surface area contributed by atoms with E-state index >= 15 is 0 Å². The smallest absolute Gasteiger partial charge is 0.336 e. The van der Waals surface area contributed by atoms with Gasteiger partial charge >= 0.3 is 5.97 Å². The molecule has 0 amide bonds. The van der Waals surface area contributed by atoms with Crippen LogP contribution in [0.5, 0.6) is 0 Å². The Balaban J connectivity index is 1.57. The largest absolute Gasteiger partial charge is 0.478 e. The number of sulfonamides is 1. The molecule has 0 bridgehead atoms. The number of benzene rings is 2. The number of furan rings is 1. The Hall–Kier alpha value is -4.22. The number of thiocarbonyl (C=S) groups is 1. The number of hydrogen-bond acceptors (Lipinski definition) is 6. The Labute approximate surface area is 218 Å². The molecule has 188 valence electrons. The van der Waals surface area contributed by atoms with Gasteiger partial charge in [0.25, 0.3) is 0 Å². The number of carboxylic acid groups (broad SMARTS) is 1. The number of nitrogens with zero attached hydrogens (tertiary/aromatic N) is 2. The van der Waals surface area contributed by atoms with Crippen molar-refractivity contribution in [1.29, 1.82) is 0 Å². The highest BCUT2D eigenvalue weighted by atomic mass is 32.2. The number of anilines is 2. The number of carboxylic acids is 1. The molecule has 0 aliphatic carbocycles. The quantitative estimate of drug-likeness (QED) is 0.292. The lowest BCUT2D eigenvalue weighted by molar-refractivity contribution is 0.0697. The lowest BCUT2D eigenvalue weighted by Gasteiger charge is -2.26. The van der Waals surface area contributed by atoms with E-state index in [0.717, 1.165) is 11.9 Å². The summed E-state index contributed by atoms with van der Waals surface area (Å²) in [4.78, 5) is 18.2. The van der Waals surface area contributed by atoms with E-state index in [0.29, 0.717) is 33.6 Å². The van der Waals surface area contributed by atoms with Crippen LogP contribution in [0.15, 0.2) is 89.5 Å². The van der Waals surface area contributed by atoms with Crippen molar-refractivity contribution in [3.05, 3.63) is 102 Å². The molecule has 11 heteroatoms. The third kappa shape index (κ3) is 5.04. The van der Waals surface area contributed by atoms with Gasteiger partial charge in [-0.1, -0.05) is 24.3 Å². The van der Waals surface area contributed by atoms with Crippen molar-refractivity contribution in [2.75, 3.05) is 15.9 Å². The lowest BCUT2D eigenvalue weighted by atomic mass is 10.0. The standard InChI is InChI=1S/C26H22N4O5S2/c1-37(33,34)29-16-9-11-17(12-10-16)30-24(23(28-26(30)36)20-8-4-5-15-27-20)22-14-13-21(35-22)18-6-2-3-7-19(18)25(31)32/h2-15,23-24,29H,1H3,(H,28,36)(H,31,32)/t23-,24+/m1/s1. The fourth-order valence-corrected chi connectivity index (χ4v) is 5.28. The van der Waals surface area contributed by atoms with Crippen LogP contribution in [0.25, 0.3) is 11.3 Å². The first-order valence-electron chi connectivity index (χ1n) is 11.2. The predicted molar refractivity (Wildman–Crippen MR) is 144 cm³/mol. The van der Waals surface area contributed by atoms with Gasteiger partial charge in [0.2, 0.25) is 10.0 Å². The summed E-state index contributed by atoms with van der Waals surface area (Å²) < 4.78 is 31.9. The molecule has 2 atom stereocenters. The minimum Gasteiger partial charge on any atom is -0.478 e. The summed E-state index contributed by atoms with van der Waals surface area (Å²) in [5.74, 6) is -0.0807. The molecule has 2 aromatic heterocycles. The Bertz CT molecular complexity index is 1570. The van der Waals surface area contributed by atoms with E-state index in [9.17, 15) is 18.3 Å². The second-order valence-corrected chi connectivity index (χ2v) is 10.6. The minimum atomic E-state index is -3.42. The fourth-order valence-electron chi connectivity index (χ4n) is 4.37. The molecule has 9 nitrogen and oxygen atoms in total. The number of nitrogens with one attached hydrogen (secondary N) is 2. The van der Waals surface area contributed by atoms with E-state index in [1.165, 1.54) is 6.07 Å². The predicted octanol–water partition coefficient (Wildman–Crippen LogP) is 4.59.